The van der Waals surface area contributed by atoms with E-state index in [-0.39, 0.29) is 5.02 Å². The van der Waals surface area contributed by atoms with Gasteiger partial charge in [-0.2, -0.15) is 0 Å². The number of nitrogen functional groups attached to an aromatic ring is 1. The van der Waals surface area contributed by atoms with Crippen molar-refractivity contribution in [3.8, 4) is 0 Å². The van der Waals surface area contributed by atoms with Crippen LogP contribution in [0.5, 0.6) is 0 Å². The molecule has 1 heterocycles. The average molecular weight is 268 g/mol. The van der Waals surface area contributed by atoms with E-state index in [9.17, 15) is 4.39 Å². The first kappa shape index (κ1) is 12.5. The molecule has 2 rings (SSSR count). The van der Waals surface area contributed by atoms with Gasteiger partial charge in [-0.3, -0.25) is 0 Å². The van der Waals surface area contributed by atoms with Crippen LogP contribution in [0.25, 0.3) is 0 Å². The van der Waals surface area contributed by atoms with Crippen LogP contribution in [0, 0.1) is 12.7 Å². The van der Waals surface area contributed by atoms with Gasteiger partial charge in [-0.15, -0.1) is 0 Å². The minimum atomic E-state index is -0.395. The third kappa shape index (κ3) is 2.85. The lowest BCUT2D eigenvalue weighted by Crippen LogP contribution is -2.10. The molecule has 0 aliphatic heterocycles. The summed E-state index contributed by atoms with van der Waals surface area (Å²) in [4.78, 5) is 8.22. The highest BCUT2D eigenvalue weighted by Crippen LogP contribution is 2.25. The van der Waals surface area contributed by atoms with Gasteiger partial charge in [0.2, 0.25) is 0 Å². The summed E-state index contributed by atoms with van der Waals surface area (Å²) in [5, 5.41) is 3.24. The minimum Gasteiger partial charge on any atom is -0.339 e. The number of benzene rings is 1. The van der Waals surface area contributed by atoms with E-state index in [2.05, 4.69) is 20.7 Å². The van der Waals surface area contributed by atoms with Crippen LogP contribution in [0.3, 0.4) is 0 Å². The normalized spacial score (nSPS) is 10.2. The molecule has 0 fully saturated rings. The van der Waals surface area contributed by atoms with E-state index in [4.69, 9.17) is 17.4 Å². The summed E-state index contributed by atoms with van der Waals surface area (Å²) < 4.78 is 12.9. The molecule has 0 saturated heterocycles. The van der Waals surface area contributed by atoms with Gasteiger partial charge >= 0.3 is 0 Å². The molecule has 94 valence electrons. The van der Waals surface area contributed by atoms with Gasteiger partial charge in [-0.25, -0.2) is 20.2 Å². The van der Waals surface area contributed by atoms with Crippen molar-refractivity contribution in [3.05, 3.63) is 40.9 Å². The van der Waals surface area contributed by atoms with Crippen LogP contribution in [-0.2, 0) is 0 Å². The second-order valence-corrected chi connectivity index (χ2v) is 3.99. The van der Waals surface area contributed by atoms with E-state index >= 15 is 0 Å². The Hall–Kier alpha value is -1.92. The molecule has 0 aliphatic carbocycles. The Morgan fingerprint density at radius 1 is 1.22 bits per heavy atom. The average Bonchev–Trinajstić information content (AvgIpc) is 2.32. The smallest absolute Gasteiger partial charge is 0.145 e. The summed E-state index contributed by atoms with van der Waals surface area (Å²) in [5.41, 5.74) is 2.99. The summed E-state index contributed by atoms with van der Waals surface area (Å²) in [6.07, 6.45) is 0. The van der Waals surface area contributed by atoms with E-state index in [1.165, 1.54) is 18.2 Å². The van der Waals surface area contributed by atoms with E-state index in [1.54, 1.807) is 13.0 Å². The molecule has 0 bridgehead atoms. The molecule has 5 nitrogen and oxygen atoms in total. The predicted octanol–water partition coefficient (Wildman–Crippen LogP) is 2.61. The molecule has 0 amide bonds. The molecule has 2 aromatic rings. The zero-order chi connectivity index (χ0) is 13.1. The molecule has 0 atom stereocenters. The molecule has 0 spiro atoms. The highest BCUT2D eigenvalue weighted by Gasteiger charge is 2.05. The van der Waals surface area contributed by atoms with Crippen LogP contribution in [0.15, 0.2) is 24.3 Å². The summed E-state index contributed by atoms with van der Waals surface area (Å²) in [7, 11) is 0. The Labute approximate surface area is 108 Å². The fourth-order valence-corrected chi connectivity index (χ4v) is 1.65. The van der Waals surface area contributed by atoms with Gasteiger partial charge in [0.05, 0.1) is 10.7 Å². The number of hydrogen-bond acceptors (Lipinski definition) is 5. The molecule has 0 saturated carbocycles. The van der Waals surface area contributed by atoms with E-state index < -0.39 is 5.82 Å². The van der Waals surface area contributed by atoms with Crippen molar-refractivity contribution in [1.29, 1.82) is 0 Å². The van der Waals surface area contributed by atoms with E-state index in [0.29, 0.717) is 23.1 Å². The minimum absolute atomic E-state index is 0.272. The first-order valence-electron chi connectivity index (χ1n) is 5.13. The van der Waals surface area contributed by atoms with Crippen LogP contribution in [0.2, 0.25) is 5.02 Å². The summed E-state index contributed by atoms with van der Waals surface area (Å²) in [6.45, 7) is 1.73. The third-order valence-corrected chi connectivity index (χ3v) is 2.49. The van der Waals surface area contributed by atoms with Crippen molar-refractivity contribution >= 4 is 28.9 Å². The maximum Gasteiger partial charge on any atom is 0.145 e. The van der Waals surface area contributed by atoms with Crippen LogP contribution < -0.4 is 16.6 Å². The number of hydrogen-bond donors (Lipinski definition) is 3. The van der Waals surface area contributed by atoms with Crippen molar-refractivity contribution < 1.29 is 4.39 Å². The van der Waals surface area contributed by atoms with Gasteiger partial charge in [-0.1, -0.05) is 11.6 Å². The second-order valence-electron chi connectivity index (χ2n) is 3.58. The molecule has 1 aromatic carbocycles. The SMILES string of the molecule is Cc1nc(NN)cc(Nc2ccc(F)cc2Cl)n1. The van der Waals surface area contributed by atoms with Crippen LogP contribution in [0.4, 0.5) is 21.7 Å². The van der Waals surface area contributed by atoms with Gasteiger partial charge < -0.3 is 10.7 Å². The Kier molecular flexibility index (Phi) is 3.59. The van der Waals surface area contributed by atoms with Crippen molar-refractivity contribution in [1.82, 2.24) is 9.97 Å². The topological polar surface area (TPSA) is 75.9 Å². The number of nitrogens with zero attached hydrogens (tertiary/aromatic N) is 2. The third-order valence-electron chi connectivity index (χ3n) is 2.18. The number of anilines is 3. The maximum absolute atomic E-state index is 12.9. The Bertz CT molecular complexity index is 575. The summed E-state index contributed by atoms with van der Waals surface area (Å²) in [6, 6.07) is 5.68. The molecule has 0 radical (unpaired) electrons. The van der Waals surface area contributed by atoms with Crippen molar-refractivity contribution in [2.75, 3.05) is 10.7 Å². The quantitative estimate of drug-likeness (QED) is 0.589. The largest absolute Gasteiger partial charge is 0.339 e. The Balaban J connectivity index is 2.30. The number of nitrogens with one attached hydrogen (secondary N) is 2. The lowest BCUT2D eigenvalue weighted by molar-refractivity contribution is 0.628. The molecule has 4 N–H and O–H groups in total. The Morgan fingerprint density at radius 2 is 1.94 bits per heavy atom. The zero-order valence-electron chi connectivity index (χ0n) is 9.54. The van der Waals surface area contributed by atoms with Gasteiger partial charge in [0.15, 0.2) is 0 Å². The van der Waals surface area contributed by atoms with Crippen LogP contribution in [0.1, 0.15) is 5.82 Å². The number of halogens is 2. The first-order valence-corrected chi connectivity index (χ1v) is 5.50. The van der Waals surface area contributed by atoms with Crippen LogP contribution >= 0.6 is 11.6 Å². The second kappa shape index (κ2) is 5.16. The number of aryl methyl sites for hydroxylation is 1. The lowest BCUT2D eigenvalue weighted by Gasteiger charge is -2.09. The van der Waals surface area contributed by atoms with Gasteiger partial charge in [0.25, 0.3) is 0 Å². The Morgan fingerprint density at radius 3 is 2.61 bits per heavy atom. The molecule has 18 heavy (non-hydrogen) atoms. The first-order chi connectivity index (χ1) is 8.58. The molecule has 0 aliphatic rings. The highest BCUT2D eigenvalue weighted by atomic mass is 35.5. The number of aromatic nitrogens is 2. The van der Waals surface area contributed by atoms with Crippen molar-refractivity contribution in [2.24, 2.45) is 5.84 Å². The van der Waals surface area contributed by atoms with Crippen molar-refractivity contribution in [3.63, 3.8) is 0 Å². The van der Waals surface area contributed by atoms with Gasteiger partial charge in [0.1, 0.15) is 23.3 Å². The fraction of sp³-hybridized carbons (Fsp3) is 0.0909. The fourth-order valence-electron chi connectivity index (χ4n) is 1.43. The standard InChI is InChI=1S/C11H11ClFN5/c1-6-15-10(5-11(16-6)18-14)17-9-3-2-7(13)4-8(9)12/h2-5H,14H2,1H3,(H2,15,16,17,18). The zero-order valence-corrected chi connectivity index (χ0v) is 10.3. The number of nitrogens with two attached hydrogens (primary N) is 1. The number of hydrazine groups is 1. The molecular weight excluding hydrogens is 257 g/mol. The molecular formula is C11H11ClFN5. The maximum atomic E-state index is 12.9. The van der Waals surface area contributed by atoms with E-state index in [1.807, 2.05) is 0 Å². The lowest BCUT2D eigenvalue weighted by atomic mass is 10.3. The van der Waals surface area contributed by atoms with Gasteiger partial charge in [0, 0.05) is 6.07 Å². The van der Waals surface area contributed by atoms with Crippen molar-refractivity contribution in [2.45, 2.75) is 6.92 Å². The highest BCUT2D eigenvalue weighted by molar-refractivity contribution is 6.33. The van der Waals surface area contributed by atoms with Crippen LogP contribution in [-0.4, -0.2) is 9.97 Å². The van der Waals surface area contributed by atoms with E-state index in [0.717, 1.165) is 0 Å². The molecule has 7 heteroatoms. The summed E-state index contributed by atoms with van der Waals surface area (Å²) in [5.74, 6) is 6.43. The molecule has 1 aromatic heterocycles. The number of rotatable bonds is 3. The summed E-state index contributed by atoms with van der Waals surface area (Å²) >= 11 is 5.91. The van der Waals surface area contributed by atoms with Gasteiger partial charge in [-0.05, 0) is 25.1 Å². The predicted molar refractivity (Wildman–Crippen MR) is 69.3 cm³/mol. The molecule has 0 unspecified atom stereocenters. The monoisotopic (exact) mass is 267 g/mol.